The monoisotopic (exact) mass is 365 g/mol. The van der Waals surface area contributed by atoms with E-state index in [1.165, 1.54) is 0 Å². The number of nitrogens with zero attached hydrogens (tertiary/aromatic N) is 2. The molecule has 1 N–H and O–H groups in total. The number of sulfone groups is 1. The van der Waals surface area contributed by atoms with Gasteiger partial charge in [0, 0.05) is 32.2 Å². The van der Waals surface area contributed by atoms with Crippen molar-refractivity contribution >= 4 is 15.9 Å². The summed E-state index contributed by atoms with van der Waals surface area (Å²) in [5.74, 6) is 0.226. The van der Waals surface area contributed by atoms with Crippen LogP contribution in [0.15, 0.2) is 24.3 Å². The van der Waals surface area contributed by atoms with Gasteiger partial charge in [-0.15, -0.1) is 0 Å². The zero-order valence-corrected chi connectivity index (χ0v) is 15.8. The second kappa shape index (κ2) is 7.33. The third kappa shape index (κ3) is 3.98. The average molecular weight is 365 g/mol. The summed E-state index contributed by atoms with van der Waals surface area (Å²) in [5.41, 5.74) is 2.25. The predicted molar refractivity (Wildman–Crippen MR) is 98.2 cm³/mol. The maximum Gasteiger partial charge on any atom is 0.317 e. The van der Waals surface area contributed by atoms with E-state index in [9.17, 15) is 13.2 Å². The Kier molecular flexibility index (Phi) is 5.34. The molecule has 0 aliphatic carbocycles. The highest BCUT2D eigenvalue weighted by Crippen LogP contribution is 2.27. The molecule has 25 heavy (non-hydrogen) atoms. The zero-order valence-electron chi connectivity index (χ0n) is 14.9. The number of hydrogen-bond donors (Lipinski definition) is 1. The second-order valence-corrected chi connectivity index (χ2v) is 9.44. The Balaban J connectivity index is 1.62. The maximum absolute atomic E-state index is 12.5. The van der Waals surface area contributed by atoms with Crippen LogP contribution in [0.3, 0.4) is 0 Å². The van der Waals surface area contributed by atoms with E-state index >= 15 is 0 Å². The summed E-state index contributed by atoms with van der Waals surface area (Å²) in [7, 11) is -1.06. The molecule has 2 aliphatic rings. The van der Waals surface area contributed by atoms with E-state index in [0.29, 0.717) is 39.0 Å². The van der Waals surface area contributed by atoms with Crippen molar-refractivity contribution in [1.29, 1.82) is 0 Å². The molecule has 2 saturated heterocycles. The number of carbonyl (C=O) groups excluding carboxylic acids is 1. The van der Waals surface area contributed by atoms with Crippen molar-refractivity contribution in [3.8, 4) is 0 Å². The van der Waals surface area contributed by atoms with Gasteiger partial charge in [-0.25, -0.2) is 13.2 Å². The number of benzene rings is 1. The van der Waals surface area contributed by atoms with Gasteiger partial charge >= 0.3 is 6.03 Å². The Morgan fingerprint density at radius 1 is 1.20 bits per heavy atom. The highest BCUT2D eigenvalue weighted by Gasteiger charge is 2.41. The lowest BCUT2D eigenvalue weighted by Gasteiger charge is -2.37. The summed E-state index contributed by atoms with van der Waals surface area (Å²) in [6.07, 6.45) is 1.23. The molecule has 6 nitrogen and oxygen atoms in total. The molecule has 0 bridgehead atoms. The van der Waals surface area contributed by atoms with Gasteiger partial charge in [0.05, 0.1) is 11.0 Å². The van der Waals surface area contributed by atoms with Gasteiger partial charge in [-0.3, -0.25) is 0 Å². The number of hydrogen-bond acceptors (Lipinski definition) is 4. The fourth-order valence-electron chi connectivity index (χ4n) is 3.87. The van der Waals surface area contributed by atoms with Crippen molar-refractivity contribution in [3.05, 3.63) is 35.4 Å². The lowest BCUT2D eigenvalue weighted by Crippen LogP contribution is -2.52. The largest absolute Gasteiger partial charge is 0.334 e. The number of likely N-dealkylation sites (tertiary alicyclic amines) is 1. The minimum absolute atomic E-state index is 0.0212. The zero-order chi connectivity index (χ0) is 18.0. The van der Waals surface area contributed by atoms with E-state index in [1.54, 1.807) is 4.90 Å². The number of carbonyl (C=O) groups is 1. The first kappa shape index (κ1) is 18.2. The molecule has 2 amide bonds. The minimum Gasteiger partial charge on any atom is -0.334 e. The van der Waals surface area contributed by atoms with Crippen LogP contribution in [-0.2, 0) is 16.4 Å². The fraction of sp³-hybridized carbons (Fsp3) is 0.611. The molecule has 0 unspecified atom stereocenters. The molecule has 1 aromatic carbocycles. The Morgan fingerprint density at radius 2 is 1.92 bits per heavy atom. The highest BCUT2D eigenvalue weighted by atomic mass is 32.2. The summed E-state index contributed by atoms with van der Waals surface area (Å²) in [4.78, 5) is 16.4. The van der Waals surface area contributed by atoms with Gasteiger partial charge in [-0.1, -0.05) is 24.3 Å². The molecule has 2 atom stereocenters. The smallest absolute Gasteiger partial charge is 0.317 e. The van der Waals surface area contributed by atoms with Gasteiger partial charge in [0.2, 0.25) is 0 Å². The molecule has 2 heterocycles. The van der Waals surface area contributed by atoms with Crippen molar-refractivity contribution in [2.24, 2.45) is 0 Å². The fourth-order valence-corrected chi connectivity index (χ4v) is 6.00. The van der Waals surface area contributed by atoms with Crippen molar-refractivity contribution in [2.45, 2.75) is 37.6 Å². The molecule has 7 heteroatoms. The van der Waals surface area contributed by atoms with E-state index in [0.717, 1.165) is 11.1 Å². The molecule has 0 radical (unpaired) electrons. The molecule has 3 rings (SSSR count). The summed E-state index contributed by atoms with van der Waals surface area (Å²) in [6.45, 7) is 4.20. The van der Waals surface area contributed by atoms with Crippen LogP contribution in [-0.4, -0.2) is 68.0 Å². The number of amides is 2. The predicted octanol–water partition coefficient (Wildman–Crippen LogP) is 1.40. The first-order valence-corrected chi connectivity index (χ1v) is 10.6. The van der Waals surface area contributed by atoms with Crippen LogP contribution in [0.5, 0.6) is 0 Å². The van der Waals surface area contributed by atoms with Gasteiger partial charge in [0.15, 0.2) is 9.84 Å². The third-order valence-electron chi connectivity index (χ3n) is 5.54. The quantitative estimate of drug-likeness (QED) is 0.860. The second-order valence-electron chi connectivity index (χ2n) is 7.10. The minimum atomic E-state index is -3.05. The highest BCUT2D eigenvalue weighted by molar-refractivity contribution is 7.92. The molecule has 0 spiro atoms. The number of urea groups is 1. The molecule has 1 aromatic rings. The Bertz CT molecular complexity index is 735. The first-order chi connectivity index (χ1) is 11.9. The molecule has 138 valence electrons. The number of fused-ring (bicyclic) bond motifs is 1. The maximum atomic E-state index is 12.5. The topological polar surface area (TPSA) is 69.7 Å². The average Bonchev–Trinajstić information content (AvgIpc) is 2.82. The van der Waals surface area contributed by atoms with E-state index < -0.39 is 9.84 Å². The van der Waals surface area contributed by atoms with Crippen LogP contribution < -0.4 is 5.32 Å². The van der Waals surface area contributed by atoms with Gasteiger partial charge in [0.25, 0.3) is 0 Å². The normalized spacial score (nSPS) is 26.6. The van der Waals surface area contributed by atoms with Crippen LogP contribution in [0.2, 0.25) is 0 Å². The summed E-state index contributed by atoms with van der Waals surface area (Å²) in [6, 6.07) is 7.89. The lowest BCUT2D eigenvalue weighted by atomic mass is 10.1. The SMILES string of the molecule is Cc1ccccc1CNC(=O)N1CC[C@@H]2[C@H](CC1)N(C)CCS2(=O)=O. The van der Waals surface area contributed by atoms with E-state index in [4.69, 9.17) is 0 Å². The summed E-state index contributed by atoms with van der Waals surface area (Å²) < 4.78 is 24.8. The number of nitrogens with one attached hydrogen (secondary N) is 1. The standard InChI is InChI=1S/C18H27N3O3S/c1-14-5-3-4-6-15(14)13-19-18(22)21-9-7-16-17(8-10-21)25(23,24)12-11-20(16)2/h3-6,16-17H,7-13H2,1-2H3,(H,19,22)/t16-,17+/m0/s1. The third-order valence-corrected chi connectivity index (χ3v) is 7.77. The molecular formula is C18H27N3O3S. The van der Waals surface area contributed by atoms with Crippen LogP contribution in [0.4, 0.5) is 4.79 Å². The molecule has 0 aromatic heterocycles. The van der Waals surface area contributed by atoms with Crippen LogP contribution >= 0.6 is 0 Å². The van der Waals surface area contributed by atoms with E-state index in [2.05, 4.69) is 10.2 Å². The molecular weight excluding hydrogens is 338 g/mol. The van der Waals surface area contributed by atoms with E-state index in [1.807, 2.05) is 38.2 Å². The summed E-state index contributed by atoms with van der Waals surface area (Å²) >= 11 is 0. The van der Waals surface area contributed by atoms with Crippen molar-refractivity contribution < 1.29 is 13.2 Å². The number of rotatable bonds is 2. The van der Waals surface area contributed by atoms with Gasteiger partial charge in [-0.05, 0) is 37.9 Å². The van der Waals surface area contributed by atoms with E-state index in [-0.39, 0.29) is 23.1 Å². The number of aryl methyl sites for hydroxylation is 1. The Hall–Kier alpha value is -1.60. The first-order valence-electron chi connectivity index (χ1n) is 8.87. The molecule has 0 saturated carbocycles. The lowest BCUT2D eigenvalue weighted by molar-refractivity contribution is 0.194. The molecule has 2 aliphatic heterocycles. The van der Waals surface area contributed by atoms with Gasteiger partial charge in [0.1, 0.15) is 0 Å². The Labute approximate surface area is 150 Å². The molecule has 2 fully saturated rings. The Morgan fingerprint density at radius 3 is 2.68 bits per heavy atom. The van der Waals surface area contributed by atoms with Crippen molar-refractivity contribution in [2.75, 3.05) is 32.4 Å². The van der Waals surface area contributed by atoms with Gasteiger partial charge < -0.3 is 15.1 Å². The van der Waals surface area contributed by atoms with Gasteiger partial charge in [-0.2, -0.15) is 0 Å². The van der Waals surface area contributed by atoms with Crippen molar-refractivity contribution in [3.63, 3.8) is 0 Å². The summed E-state index contributed by atoms with van der Waals surface area (Å²) in [5, 5.41) is 2.63. The van der Waals surface area contributed by atoms with Crippen LogP contribution in [0, 0.1) is 6.92 Å². The van der Waals surface area contributed by atoms with Crippen LogP contribution in [0.25, 0.3) is 0 Å². The van der Waals surface area contributed by atoms with Crippen LogP contribution in [0.1, 0.15) is 24.0 Å². The van der Waals surface area contributed by atoms with Crippen molar-refractivity contribution in [1.82, 2.24) is 15.1 Å².